The van der Waals surface area contributed by atoms with Crippen molar-refractivity contribution in [1.82, 2.24) is 0 Å². The second-order valence-electron chi connectivity index (χ2n) is 11.7. The highest BCUT2D eigenvalue weighted by molar-refractivity contribution is 6.25. The SMILES string of the molecule is c1cc(-c2cccc3c2-c2cc4ccccc4c4cccc(c24)O3)cc(-c2ccc3ccc4cccc5ccc2c3c45)c1. The number of benzene rings is 9. The Bertz CT molecular complexity index is 2570. The summed E-state index contributed by atoms with van der Waals surface area (Å²) in [5.41, 5.74) is 7.23. The van der Waals surface area contributed by atoms with Crippen molar-refractivity contribution >= 4 is 53.9 Å². The topological polar surface area (TPSA) is 9.23 Å². The Kier molecular flexibility index (Phi) is 4.51. The van der Waals surface area contributed by atoms with Crippen LogP contribution in [0.5, 0.6) is 11.5 Å². The lowest BCUT2D eigenvalue weighted by atomic mass is 9.85. The number of rotatable bonds is 2. The van der Waals surface area contributed by atoms with E-state index in [0.29, 0.717) is 0 Å². The summed E-state index contributed by atoms with van der Waals surface area (Å²) in [7, 11) is 0. The summed E-state index contributed by atoms with van der Waals surface area (Å²) >= 11 is 0. The second kappa shape index (κ2) is 8.44. The van der Waals surface area contributed by atoms with Gasteiger partial charge >= 0.3 is 0 Å². The monoisotopic (exact) mass is 544 g/mol. The lowest BCUT2D eigenvalue weighted by molar-refractivity contribution is 0.487. The van der Waals surface area contributed by atoms with Crippen LogP contribution in [0, 0.1) is 0 Å². The summed E-state index contributed by atoms with van der Waals surface area (Å²) in [6.07, 6.45) is 0. The lowest BCUT2D eigenvalue weighted by Gasteiger charge is -2.25. The Morgan fingerprint density at radius 1 is 0.326 bits per heavy atom. The maximum atomic E-state index is 6.60. The number of fused-ring (bicyclic) bond motifs is 4. The van der Waals surface area contributed by atoms with Crippen LogP contribution in [-0.2, 0) is 0 Å². The molecule has 9 aromatic rings. The van der Waals surface area contributed by atoms with Gasteiger partial charge in [-0.3, -0.25) is 0 Å². The maximum Gasteiger partial charge on any atom is 0.135 e. The molecule has 0 unspecified atom stereocenters. The van der Waals surface area contributed by atoms with Crippen LogP contribution in [0.1, 0.15) is 0 Å². The van der Waals surface area contributed by atoms with Gasteiger partial charge in [-0.05, 0) is 101 Å². The zero-order chi connectivity index (χ0) is 28.1. The molecule has 0 saturated heterocycles. The van der Waals surface area contributed by atoms with Crippen molar-refractivity contribution in [3.8, 4) is 44.9 Å². The first-order chi connectivity index (χ1) is 21.3. The number of hydrogen-bond donors (Lipinski definition) is 0. The van der Waals surface area contributed by atoms with Crippen molar-refractivity contribution in [2.45, 2.75) is 0 Å². The minimum Gasteiger partial charge on any atom is -0.456 e. The molecule has 0 bridgehead atoms. The predicted octanol–water partition coefficient (Wildman–Crippen LogP) is 12.0. The van der Waals surface area contributed by atoms with Crippen LogP contribution >= 0.6 is 0 Å². The van der Waals surface area contributed by atoms with Gasteiger partial charge in [0.2, 0.25) is 0 Å². The first-order valence-corrected chi connectivity index (χ1v) is 14.8. The Morgan fingerprint density at radius 2 is 0.977 bits per heavy atom. The molecule has 1 aliphatic rings. The van der Waals surface area contributed by atoms with Gasteiger partial charge in [0.1, 0.15) is 11.5 Å². The van der Waals surface area contributed by atoms with E-state index in [4.69, 9.17) is 4.74 Å². The molecule has 9 aromatic carbocycles. The normalized spacial score (nSPS) is 12.4. The fourth-order valence-electron chi connectivity index (χ4n) is 7.51. The Hall–Kier alpha value is -5.66. The van der Waals surface area contributed by atoms with Crippen molar-refractivity contribution in [2.75, 3.05) is 0 Å². The van der Waals surface area contributed by atoms with Gasteiger partial charge < -0.3 is 4.74 Å². The van der Waals surface area contributed by atoms with E-state index >= 15 is 0 Å². The summed E-state index contributed by atoms with van der Waals surface area (Å²) in [6.45, 7) is 0. The van der Waals surface area contributed by atoms with E-state index < -0.39 is 0 Å². The molecule has 43 heavy (non-hydrogen) atoms. The molecule has 1 heterocycles. The summed E-state index contributed by atoms with van der Waals surface area (Å²) in [4.78, 5) is 0. The zero-order valence-electron chi connectivity index (χ0n) is 23.3. The number of ether oxygens (including phenoxy) is 1. The third-order valence-corrected chi connectivity index (χ3v) is 9.38. The van der Waals surface area contributed by atoms with E-state index in [2.05, 4.69) is 146 Å². The Balaban J connectivity index is 1.22. The first kappa shape index (κ1) is 23.0. The van der Waals surface area contributed by atoms with Gasteiger partial charge in [-0.25, -0.2) is 0 Å². The van der Waals surface area contributed by atoms with Crippen LogP contribution in [0.25, 0.3) is 87.2 Å². The largest absolute Gasteiger partial charge is 0.456 e. The standard InChI is InChI=1S/C42H24O/c1-2-12-31-30(7-1)24-36-41-33(13-5-15-37(41)43-38-16-6-14-34(31)42(36)38)29-11-4-10-28(23-29)32-21-19-27-18-17-25-8-3-9-26-20-22-35(32)40(27)39(25)26/h1-24H. The fraction of sp³-hybridized carbons (Fsp3) is 0. The van der Waals surface area contributed by atoms with E-state index in [1.54, 1.807) is 0 Å². The molecule has 10 rings (SSSR count). The Labute approximate surface area is 248 Å². The van der Waals surface area contributed by atoms with Crippen LogP contribution in [0.15, 0.2) is 146 Å². The summed E-state index contributed by atoms with van der Waals surface area (Å²) in [5, 5.41) is 12.8. The highest BCUT2D eigenvalue weighted by Crippen LogP contribution is 2.52. The summed E-state index contributed by atoms with van der Waals surface area (Å²) < 4.78 is 6.60. The molecule has 1 nitrogen and oxygen atoms in total. The lowest BCUT2D eigenvalue weighted by Crippen LogP contribution is -1.99. The van der Waals surface area contributed by atoms with E-state index in [-0.39, 0.29) is 0 Å². The summed E-state index contributed by atoms with van der Waals surface area (Å²) in [6, 6.07) is 53.1. The van der Waals surface area contributed by atoms with E-state index in [0.717, 1.165) is 17.1 Å². The van der Waals surface area contributed by atoms with Crippen molar-refractivity contribution in [2.24, 2.45) is 0 Å². The Morgan fingerprint density at radius 3 is 1.88 bits per heavy atom. The zero-order valence-corrected chi connectivity index (χ0v) is 23.3. The fourth-order valence-corrected chi connectivity index (χ4v) is 7.51. The molecule has 0 atom stereocenters. The first-order valence-electron chi connectivity index (χ1n) is 14.8. The minimum absolute atomic E-state index is 0.904. The molecule has 0 N–H and O–H groups in total. The predicted molar refractivity (Wildman–Crippen MR) is 182 cm³/mol. The molecule has 1 heteroatoms. The van der Waals surface area contributed by atoms with Crippen LogP contribution < -0.4 is 4.74 Å². The molecule has 1 aliphatic heterocycles. The van der Waals surface area contributed by atoms with Gasteiger partial charge in [0, 0.05) is 10.9 Å². The van der Waals surface area contributed by atoms with Crippen molar-refractivity contribution in [3.63, 3.8) is 0 Å². The molecule has 0 fully saturated rings. The molecule has 0 aromatic heterocycles. The van der Waals surface area contributed by atoms with Gasteiger partial charge in [0.05, 0.1) is 0 Å². The molecular weight excluding hydrogens is 520 g/mol. The van der Waals surface area contributed by atoms with Gasteiger partial charge in [-0.2, -0.15) is 0 Å². The quantitative estimate of drug-likeness (QED) is 0.197. The van der Waals surface area contributed by atoms with E-state index in [9.17, 15) is 0 Å². The third-order valence-electron chi connectivity index (χ3n) is 9.38. The van der Waals surface area contributed by atoms with Gasteiger partial charge in [0.25, 0.3) is 0 Å². The van der Waals surface area contributed by atoms with E-state index in [1.165, 1.54) is 81.7 Å². The van der Waals surface area contributed by atoms with Crippen LogP contribution in [-0.4, -0.2) is 0 Å². The minimum atomic E-state index is 0.904. The van der Waals surface area contributed by atoms with Crippen LogP contribution in [0.4, 0.5) is 0 Å². The average molecular weight is 545 g/mol. The van der Waals surface area contributed by atoms with Gasteiger partial charge in [0.15, 0.2) is 0 Å². The average Bonchev–Trinajstić information content (AvgIpc) is 3.07. The molecule has 198 valence electrons. The van der Waals surface area contributed by atoms with E-state index in [1.807, 2.05) is 0 Å². The van der Waals surface area contributed by atoms with Crippen LogP contribution in [0.3, 0.4) is 0 Å². The smallest absolute Gasteiger partial charge is 0.135 e. The molecule has 0 radical (unpaired) electrons. The van der Waals surface area contributed by atoms with Gasteiger partial charge in [-0.1, -0.05) is 121 Å². The van der Waals surface area contributed by atoms with Crippen LogP contribution in [0.2, 0.25) is 0 Å². The third kappa shape index (κ3) is 3.17. The van der Waals surface area contributed by atoms with Crippen molar-refractivity contribution in [1.29, 1.82) is 0 Å². The number of hydrogen-bond acceptors (Lipinski definition) is 1. The molecule has 0 saturated carbocycles. The highest BCUT2D eigenvalue weighted by atomic mass is 16.5. The molecular formula is C42H24O. The molecule has 0 aliphatic carbocycles. The second-order valence-corrected chi connectivity index (χ2v) is 11.7. The van der Waals surface area contributed by atoms with Crippen molar-refractivity contribution in [3.05, 3.63) is 146 Å². The molecule has 0 spiro atoms. The van der Waals surface area contributed by atoms with Gasteiger partial charge in [-0.15, -0.1) is 0 Å². The molecule has 0 amide bonds. The van der Waals surface area contributed by atoms with Crippen molar-refractivity contribution < 1.29 is 4.74 Å². The summed E-state index contributed by atoms with van der Waals surface area (Å²) in [5.74, 6) is 1.83. The maximum absolute atomic E-state index is 6.60. The highest BCUT2D eigenvalue weighted by Gasteiger charge is 2.24.